The van der Waals surface area contributed by atoms with Crippen LogP contribution in [0.5, 0.6) is 0 Å². The number of hydrogen-bond donors (Lipinski definition) is 0. The summed E-state index contributed by atoms with van der Waals surface area (Å²) < 4.78 is 9.19. The summed E-state index contributed by atoms with van der Waals surface area (Å²) in [5.74, 6) is 1.00. The molecule has 0 radical (unpaired) electrons. The van der Waals surface area contributed by atoms with Gasteiger partial charge in [0.15, 0.2) is 0 Å². The van der Waals surface area contributed by atoms with Crippen LogP contribution >= 0.6 is 11.3 Å². The van der Waals surface area contributed by atoms with E-state index < -0.39 is 0 Å². The fraction of sp³-hybridized carbons (Fsp3) is 0.0196. The minimum atomic E-state index is 0.752. The summed E-state index contributed by atoms with van der Waals surface area (Å²) in [5, 5.41) is 8.67. The molecule has 0 spiro atoms. The van der Waals surface area contributed by atoms with Crippen LogP contribution < -0.4 is 15.3 Å². The molecule has 3 heteroatoms. The van der Waals surface area contributed by atoms with Crippen molar-refractivity contribution in [3.05, 3.63) is 198 Å². The number of thiophene rings is 1. The molecule has 2 aromatic heterocycles. The highest BCUT2D eigenvalue weighted by Crippen LogP contribution is 2.48. The van der Waals surface area contributed by atoms with E-state index in [1.165, 1.54) is 52.5 Å². The Morgan fingerprint density at radius 1 is 0.500 bits per heavy atom. The van der Waals surface area contributed by atoms with E-state index in [0.717, 1.165) is 56.9 Å². The van der Waals surface area contributed by atoms with Gasteiger partial charge < -0.3 is 9.32 Å². The van der Waals surface area contributed by atoms with Gasteiger partial charge in [0.2, 0.25) is 0 Å². The highest BCUT2D eigenvalue weighted by atomic mass is 32.1. The van der Waals surface area contributed by atoms with Crippen molar-refractivity contribution in [3.8, 4) is 22.3 Å². The van der Waals surface area contributed by atoms with E-state index in [0.29, 0.717) is 0 Å². The zero-order chi connectivity index (χ0) is 35.6. The van der Waals surface area contributed by atoms with Crippen molar-refractivity contribution in [3.63, 3.8) is 0 Å². The molecule has 0 saturated carbocycles. The van der Waals surface area contributed by atoms with Crippen LogP contribution in [0.4, 0.5) is 17.1 Å². The molecule has 8 aromatic carbocycles. The third kappa shape index (κ3) is 4.93. The van der Waals surface area contributed by atoms with Gasteiger partial charge in [-0.1, -0.05) is 146 Å². The molecule has 0 unspecified atom stereocenters. The Balaban J connectivity index is 1.15. The summed E-state index contributed by atoms with van der Waals surface area (Å²) in [6, 6.07) is 63.8. The zero-order valence-electron chi connectivity index (χ0n) is 29.4. The maximum absolute atomic E-state index is 6.64. The first-order valence-electron chi connectivity index (χ1n) is 18.5. The molecule has 0 atom stereocenters. The van der Waals surface area contributed by atoms with Crippen LogP contribution in [0.25, 0.3) is 76.3 Å². The Kier molecular flexibility index (Phi) is 7.14. The number of anilines is 3. The van der Waals surface area contributed by atoms with E-state index >= 15 is 0 Å². The van der Waals surface area contributed by atoms with E-state index in [2.05, 4.69) is 193 Å². The van der Waals surface area contributed by atoms with Crippen molar-refractivity contribution in [1.29, 1.82) is 0 Å². The average Bonchev–Trinajstić information content (AvgIpc) is 3.73. The second-order valence-corrected chi connectivity index (χ2v) is 15.0. The fourth-order valence-electron chi connectivity index (χ4n) is 8.42. The van der Waals surface area contributed by atoms with Gasteiger partial charge in [-0.3, -0.25) is 0 Å². The molecule has 0 aliphatic heterocycles. The smallest absolute Gasteiger partial charge is 0.135 e. The number of furan rings is 1. The summed E-state index contributed by atoms with van der Waals surface area (Å²) in [7, 11) is 0. The maximum Gasteiger partial charge on any atom is 0.135 e. The first-order valence-corrected chi connectivity index (χ1v) is 19.3. The van der Waals surface area contributed by atoms with E-state index in [9.17, 15) is 0 Å². The van der Waals surface area contributed by atoms with Crippen molar-refractivity contribution in [2.24, 2.45) is 0 Å². The first-order chi connectivity index (χ1) is 26.8. The minimum absolute atomic E-state index is 0.752. The number of nitrogens with zero attached hydrogens (tertiary/aromatic N) is 1. The molecule has 11 rings (SSSR count). The molecule has 0 amide bonds. The van der Waals surface area contributed by atoms with E-state index in [1.807, 2.05) is 11.3 Å². The maximum atomic E-state index is 6.64. The van der Waals surface area contributed by atoms with Gasteiger partial charge in [0, 0.05) is 44.1 Å². The third-order valence-corrected chi connectivity index (χ3v) is 12.1. The monoisotopic (exact) mass is 707 g/mol. The Hall–Kier alpha value is -6.68. The first kappa shape index (κ1) is 30.9. The summed E-state index contributed by atoms with van der Waals surface area (Å²) in [6.45, 7) is 0. The molecule has 1 aliphatic carbocycles. The molecule has 54 heavy (non-hydrogen) atoms. The molecular formula is C51H33NOS. The summed E-state index contributed by atoms with van der Waals surface area (Å²) in [4.78, 5) is 2.46. The van der Waals surface area contributed by atoms with Crippen molar-refractivity contribution in [2.45, 2.75) is 6.42 Å². The molecule has 0 bridgehead atoms. The topological polar surface area (TPSA) is 16.4 Å². The van der Waals surface area contributed by atoms with Gasteiger partial charge >= 0.3 is 0 Å². The Bertz CT molecular complexity index is 3200. The van der Waals surface area contributed by atoms with E-state index in [1.54, 1.807) is 0 Å². The second-order valence-electron chi connectivity index (χ2n) is 14.0. The van der Waals surface area contributed by atoms with Gasteiger partial charge in [-0.2, -0.15) is 0 Å². The van der Waals surface area contributed by atoms with Gasteiger partial charge in [0.05, 0.1) is 16.1 Å². The third-order valence-electron chi connectivity index (χ3n) is 10.9. The number of hydrogen-bond acceptors (Lipinski definition) is 3. The lowest BCUT2D eigenvalue weighted by Gasteiger charge is -2.28. The highest BCUT2D eigenvalue weighted by molar-refractivity contribution is 7.26. The van der Waals surface area contributed by atoms with E-state index in [-0.39, 0.29) is 0 Å². The molecule has 10 aromatic rings. The summed E-state index contributed by atoms with van der Waals surface area (Å²) in [6.07, 6.45) is 5.35. The number of fused-ring (bicyclic) bond motifs is 8. The number of para-hydroxylation sites is 1. The summed E-state index contributed by atoms with van der Waals surface area (Å²) >= 11 is 1.86. The molecule has 2 heterocycles. The fourth-order valence-corrected chi connectivity index (χ4v) is 9.62. The van der Waals surface area contributed by atoms with Gasteiger partial charge in [0.1, 0.15) is 11.3 Å². The largest absolute Gasteiger partial charge is 0.460 e. The second kappa shape index (κ2) is 12.5. The van der Waals surface area contributed by atoms with Crippen LogP contribution in [-0.2, 0) is 6.42 Å². The van der Waals surface area contributed by atoms with Crippen LogP contribution in [0, 0.1) is 0 Å². The Labute approximate surface area is 316 Å². The molecule has 1 aliphatic rings. The highest BCUT2D eigenvalue weighted by Gasteiger charge is 2.24. The van der Waals surface area contributed by atoms with Crippen molar-refractivity contribution >= 4 is 82.5 Å². The minimum Gasteiger partial charge on any atom is -0.460 e. The van der Waals surface area contributed by atoms with Crippen LogP contribution in [0.3, 0.4) is 0 Å². The average molecular weight is 708 g/mol. The van der Waals surface area contributed by atoms with Gasteiger partial charge in [-0.25, -0.2) is 0 Å². The predicted octanol–water partition coefficient (Wildman–Crippen LogP) is 12.9. The zero-order valence-corrected chi connectivity index (χ0v) is 30.2. The molecule has 0 N–H and O–H groups in total. The van der Waals surface area contributed by atoms with Crippen molar-refractivity contribution in [1.82, 2.24) is 0 Å². The Morgan fingerprint density at radius 3 is 2.09 bits per heavy atom. The number of rotatable bonds is 5. The molecule has 0 saturated heterocycles. The molecule has 2 nitrogen and oxygen atoms in total. The molecule has 254 valence electrons. The van der Waals surface area contributed by atoms with Crippen molar-refractivity contribution in [2.75, 3.05) is 4.90 Å². The van der Waals surface area contributed by atoms with Crippen LogP contribution in [0.15, 0.2) is 180 Å². The normalized spacial score (nSPS) is 12.3. The lowest BCUT2D eigenvalue weighted by Crippen LogP contribution is -2.22. The van der Waals surface area contributed by atoms with Gasteiger partial charge in [0.25, 0.3) is 0 Å². The van der Waals surface area contributed by atoms with Crippen LogP contribution in [0.2, 0.25) is 0 Å². The molecule has 0 fully saturated rings. The lowest BCUT2D eigenvalue weighted by molar-refractivity contribution is 0.568. The van der Waals surface area contributed by atoms with Gasteiger partial charge in [-0.05, 0) is 80.4 Å². The standard InChI is InChI=1S/C51H33NOS/c1-2-14-36-32-44-47(31-28-33(36)12-1)53-48-24-11-20-42(50(44)48)40-17-5-7-22-45(40)52(46-23-10-21-43-41-18-6-8-25-49(41)54-51(43)46)37-29-26-35(27-30-37)39-19-9-15-34-13-3-4-16-38(34)39/h1-30,32H,31H2. The summed E-state index contributed by atoms with van der Waals surface area (Å²) in [5.41, 5.74) is 10.2. The quantitative estimate of drug-likeness (QED) is 0.177. The predicted molar refractivity (Wildman–Crippen MR) is 230 cm³/mol. The van der Waals surface area contributed by atoms with Crippen molar-refractivity contribution < 1.29 is 4.42 Å². The van der Waals surface area contributed by atoms with Gasteiger partial charge in [-0.15, -0.1) is 11.3 Å². The van der Waals surface area contributed by atoms with Crippen LogP contribution in [0.1, 0.15) is 11.3 Å². The lowest BCUT2D eigenvalue weighted by atomic mass is 9.95. The SMILES string of the molecule is C1=c2ccccc2=Cc2c(oc3cccc(-c4ccccc4N(c4ccc(-c5cccc6ccccc56)cc4)c4cccc5c4sc4ccccc45)c23)C1. The molecular weight excluding hydrogens is 675 g/mol. The Morgan fingerprint density at radius 2 is 1.17 bits per heavy atom. The number of benzene rings is 8. The van der Waals surface area contributed by atoms with E-state index in [4.69, 9.17) is 4.42 Å². The van der Waals surface area contributed by atoms with Crippen LogP contribution in [-0.4, -0.2) is 0 Å².